The normalized spacial score (nSPS) is 10.8. The van der Waals surface area contributed by atoms with Gasteiger partial charge in [0.15, 0.2) is 25.1 Å². The van der Waals surface area contributed by atoms with Gasteiger partial charge in [0.25, 0.3) is 0 Å². The molecule has 0 fully saturated rings. The smallest absolute Gasteiger partial charge is 0.201 e. The van der Waals surface area contributed by atoms with Crippen molar-refractivity contribution in [2.24, 2.45) is 7.05 Å². The van der Waals surface area contributed by atoms with Crippen LogP contribution in [0.5, 0.6) is 0 Å². The van der Waals surface area contributed by atoms with Crippen molar-refractivity contribution in [2.75, 3.05) is 0 Å². The Morgan fingerprint density at radius 2 is 0.847 bits per heavy atom. The molecule has 0 atom stereocenters. The fourth-order valence-corrected chi connectivity index (χ4v) is 7.95. The molecule has 286 valence electrons. The SMILES string of the molecule is CC.Cc1ccc(-c2ccccc2)cc1-c1cccc[n+]1Cc1ccc(-c2ccccc2)cc1-c1cccc[n+]1-c1ccc(-c2ccccc2)cc1-c1cccc[n+]1C. The molecule has 3 nitrogen and oxygen atoms in total. The molecule has 3 aromatic heterocycles. The van der Waals surface area contributed by atoms with Crippen LogP contribution in [0.15, 0.2) is 219 Å². The molecule has 0 radical (unpaired) electrons. The first-order valence-corrected chi connectivity index (χ1v) is 20.6. The van der Waals surface area contributed by atoms with Gasteiger partial charge in [-0.05, 0) is 88.3 Å². The van der Waals surface area contributed by atoms with Gasteiger partial charge < -0.3 is 0 Å². The first-order chi connectivity index (χ1) is 29.1. The fourth-order valence-electron chi connectivity index (χ4n) is 7.95. The maximum Gasteiger partial charge on any atom is 0.225 e. The van der Waals surface area contributed by atoms with Gasteiger partial charge in [-0.1, -0.05) is 129 Å². The highest BCUT2D eigenvalue weighted by Gasteiger charge is 2.27. The summed E-state index contributed by atoms with van der Waals surface area (Å²) in [5.41, 5.74) is 17.8. The van der Waals surface area contributed by atoms with Crippen molar-refractivity contribution >= 4 is 0 Å². The molecule has 9 rings (SSSR count). The summed E-state index contributed by atoms with van der Waals surface area (Å²) in [6.07, 6.45) is 6.55. The van der Waals surface area contributed by atoms with Gasteiger partial charge in [0.05, 0.1) is 5.56 Å². The third-order valence-corrected chi connectivity index (χ3v) is 10.9. The van der Waals surface area contributed by atoms with Crippen LogP contribution in [-0.4, -0.2) is 0 Å². The summed E-state index contributed by atoms with van der Waals surface area (Å²) in [4.78, 5) is 0. The molecule has 3 heteroatoms. The maximum atomic E-state index is 2.40. The van der Waals surface area contributed by atoms with Gasteiger partial charge >= 0.3 is 0 Å². The zero-order valence-corrected chi connectivity index (χ0v) is 34.3. The topological polar surface area (TPSA) is 11.6 Å². The predicted octanol–water partition coefficient (Wildman–Crippen LogP) is 12.5. The highest BCUT2D eigenvalue weighted by molar-refractivity contribution is 5.77. The largest absolute Gasteiger partial charge is 0.225 e. The van der Waals surface area contributed by atoms with E-state index in [1.165, 1.54) is 61.3 Å². The molecule has 59 heavy (non-hydrogen) atoms. The number of aromatic nitrogens is 3. The first kappa shape index (κ1) is 38.6. The number of rotatable bonds is 9. The highest BCUT2D eigenvalue weighted by atomic mass is 15.0. The van der Waals surface area contributed by atoms with Crippen molar-refractivity contribution in [3.8, 4) is 72.8 Å². The molecule has 6 aromatic carbocycles. The first-order valence-electron chi connectivity index (χ1n) is 20.6. The van der Waals surface area contributed by atoms with Crippen molar-refractivity contribution in [1.82, 2.24) is 0 Å². The molecular formula is C56H50N3+3. The Morgan fingerprint density at radius 1 is 0.373 bits per heavy atom. The zero-order valence-electron chi connectivity index (χ0n) is 34.3. The Kier molecular flexibility index (Phi) is 11.7. The molecule has 9 aromatic rings. The molecule has 0 spiro atoms. The van der Waals surface area contributed by atoms with E-state index in [2.05, 4.69) is 246 Å². The molecule has 0 saturated carbocycles. The van der Waals surface area contributed by atoms with Crippen LogP contribution in [-0.2, 0) is 13.6 Å². The Hall–Kier alpha value is -7.23. The second-order valence-electron chi connectivity index (χ2n) is 14.6. The molecule has 0 amide bonds. The summed E-state index contributed by atoms with van der Waals surface area (Å²) >= 11 is 0. The van der Waals surface area contributed by atoms with E-state index in [0.717, 1.165) is 22.6 Å². The molecule has 3 heterocycles. The molecular weight excluding hydrogens is 715 g/mol. The summed E-state index contributed by atoms with van der Waals surface area (Å²) in [7, 11) is 2.12. The second-order valence-corrected chi connectivity index (χ2v) is 14.6. The Balaban J connectivity index is 0.00000238. The minimum atomic E-state index is 0.692. The van der Waals surface area contributed by atoms with Crippen LogP contribution in [0.2, 0.25) is 0 Å². The van der Waals surface area contributed by atoms with Crippen LogP contribution >= 0.6 is 0 Å². The molecule has 0 saturated heterocycles. The maximum absolute atomic E-state index is 2.40. The number of hydrogen-bond acceptors (Lipinski definition) is 0. The quantitative estimate of drug-likeness (QED) is 0.130. The van der Waals surface area contributed by atoms with Gasteiger partial charge in [0, 0.05) is 53.6 Å². The van der Waals surface area contributed by atoms with Crippen molar-refractivity contribution in [3.05, 3.63) is 230 Å². The summed E-state index contributed by atoms with van der Waals surface area (Å²) in [5.74, 6) is 0. The van der Waals surface area contributed by atoms with E-state index in [0.29, 0.717) is 6.54 Å². The molecule has 0 bridgehead atoms. The molecule has 0 aliphatic rings. The van der Waals surface area contributed by atoms with Gasteiger partial charge in [-0.2, -0.15) is 9.13 Å². The fraction of sp³-hybridized carbons (Fsp3) is 0.0893. The van der Waals surface area contributed by atoms with Gasteiger partial charge in [0.1, 0.15) is 12.6 Å². The van der Waals surface area contributed by atoms with Crippen molar-refractivity contribution in [2.45, 2.75) is 27.3 Å². The van der Waals surface area contributed by atoms with Crippen LogP contribution in [0, 0.1) is 6.92 Å². The third-order valence-electron chi connectivity index (χ3n) is 10.9. The Bertz CT molecular complexity index is 2830. The predicted molar refractivity (Wildman–Crippen MR) is 244 cm³/mol. The standard InChI is InChI=1S/C54H44N3.C2H6/c1-40-27-28-44(41-18-6-3-7-19-41)36-48(40)52-25-13-16-34-56(52)39-47-30-29-45(42-20-8-4-9-21-42)37-49(47)53-26-14-17-35-57(53)54-32-31-46(43-22-10-5-11-23-43)38-50(54)51-24-12-15-33-55(51)2;1-2/h3-38H,39H2,1-2H3;1-2H3/q+3;. The van der Waals surface area contributed by atoms with E-state index in [-0.39, 0.29) is 0 Å². The van der Waals surface area contributed by atoms with E-state index < -0.39 is 0 Å². The van der Waals surface area contributed by atoms with E-state index in [9.17, 15) is 0 Å². The lowest BCUT2D eigenvalue weighted by Crippen LogP contribution is -2.38. The van der Waals surface area contributed by atoms with Crippen LogP contribution in [0.1, 0.15) is 25.0 Å². The van der Waals surface area contributed by atoms with E-state index in [1.54, 1.807) is 0 Å². The number of benzene rings is 6. The molecule has 0 aliphatic carbocycles. The lowest BCUT2D eigenvalue weighted by molar-refractivity contribution is -0.677. The lowest BCUT2D eigenvalue weighted by atomic mass is 9.95. The summed E-state index contributed by atoms with van der Waals surface area (Å²) in [6.45, 7) is 6.90. The van der Waals surface area contributed by atoms with Crippen LogP contribution in [0.25, 0.3) is 72.8 Å². The summed E-state index contributed by atoms with van der Waals surface area (Å²) in [5, 5.41) is 0. The molecule has 0 unspecified atom stereocenters. The number of pyridine rings is 3. The number of nitrogens with zero attached hydrogens (tertiary/aromatic N) is 3. The van der Waals surface area contributed by atoms with Crippen molar-refractivity contribution in [3.63, 3.8) is 0 Å². The van der Waals surface area contributed by atoms with Gasteiger partial charge in [-0.3, -0.25) is 0 Å². The van der Waals surface area contributed by atoms with Gasteiger partial charge in [-0.15, -0.1) is 0 Å². The molecule has 0 N–H and O–H groups in total. The Labute approximate surface area is 349 Å². The highest BCUT2D eigenvalue weighted by Crippen LogP contribution is 2.33. The summed E-state index contributed by atoms with van der Waals surface area (Å²) in [6, 6.07) is 72.2. The van der Waals surface area contributed by atoms with Crippen LogP contribution < -0.4 is 13.7 Å². The summed E-state index contributed by atoms with van der Waals surface area (Å²) < 4.78 is 6.98. The third kappa shape index (κ3) is 8.28. The average Bonchev–Trinajstić information content (AvgIpc) is 3.31. The number of aryl methyl sites for hydroxylation is 2. The minimum absolute atomic E-state index is 0.692. The Morgan fingerprint density at radius 3 is 1.46 bits per heavy atom. The van der Waals surface area contributed by atoms with E-state index in [4.69, 9.17) is 0 Å². The van der Waals surface area contributed by atoms with Gasteiger partial charge in [0.2, 0.25) is 22.8 Å². The van der Waals surface area contributed by atoms with Gasteiger partial charge in [-0.25, -0.2) is 4.57 Å². The van der Waals surface area contributed by atoms with Crippen molar-refractivity contribution in [1.29, 1.82) is 0 Å². The number of hydrogen-bond donors (Lipinski definition) is 0. The minimum Gasteiger partial charge on any atom is -0.201 e. The second kappa shape index (κ2) is 17.9. The van der Waals surface area contributed by atoms with E-state index in [1.807, 2.05) is 13.8 Å². The van der Waals surface area contributed by atoms with Crippen molar-refractivity contribution < 1.29 is 13.7 Å². The lowest BCUT2D eigenvalue weighted by Gasteiger charge is -2.14. The average molecular weight is 765 g/mol. The van der Waals surface area contributed by atoms with Crippen LogP contribution in [0.4, 0.5) is 0 Å². The van der Waals surface area contributed by atoms with E-state index >= 15 is 0 Å². The monoisotopic (exact) mass is 764 g/mol. The van der Waals surface area contributed by atoms with Crippen LogP contribution in [0.3, 0.4) is 0 Å². The zero-order chi connectivity index (χ0) is 40.6. The molecule has 0 aliphatic heterocycles.